The molecule has 1 aromatic heterocycles. The third-order valence-corrected chi connectivity index (χ3v) is 9.48. The number of nitro benzene ring substituents is 1. The summed E-state index contributed by atoms with van der Waals surface area (Å²) in [6.45, 7) is -0.820. The fourth-order valence-electron chi connectivity index (χ4n) is 2.98. The Labute approximate surface area is 190 Å². The van der Waals surface area contributed by atoms with Gasteiger partial charge in [-0.2, -0.15) is 0 Å². The molecule has 12 nitrogen and oxygen atoms in total. The zero-order valence-electron chi connectivity index (χ0n) is 16.2. The summed E-state index contributed by atoms with van der Waals surface area (Å²) in [6.07, 6.45) is 0.991. The summed E-state index contributed by atoms with van der Waals surface area (Å²) in [5.41, 5.74) is -0.323. The summed E-state index contributed by atoms with van der Waals surface area (Å²) < 4.78 is 50.6. The average Bonchev–Trinajstić information content (AvgIpc) is 3.32. The Morgan fingerprint density at radius 2 is 1.82 bits per heavy atom. The third kappa shape index (κ3) is 3.96. The molecule has 1 aliphatic heterocycles. The maximum Gasteiger partial charge on any atom is 0.269 e. The Bertz CT molecular complexity index is 1510. The summed E-state index contributed by atoms with van der Waals surface area (Å²) in [6, 6.07) is 9.79. The molecule has 0 saturated heterocycles. The topological polar surface area (TPSA) is 174 Å². The number of hydrogen-bond acceptors (Lipinski definition) is 10. The van der Waals surface area contributed by atoms with Crippen LogP contribution in [0.1, 0.15) is 10.4 Å². The van der Waals surface area contributed by atoms with Gasteiger partial charge in [0.2, 0.25) is 15.7 Å². The minimum absolute atomic E-state index is 0.0453. The number of rotatable bonds is 6. The molecular weight excluding hydrogens is 496 g/mol. The second kappa shape index (κ2) is 8.02. The third-order valence-electron chi connectivity index (χ3n) is 4.55. The van der Waals surface area contributed by atoms with E-state index in [0.29, 0.717) is 15.6 Å². The predicted octanol–water partition coefficient (Wildman–Crippen LogP) is 1.67. The van der Waals surface area contributed by atoms with Crippen molar-refractivity contribution in [2.75, 3.05) is 11.9 Å². The molecule has 0 aliphatic carbocycles. The number of nitrogens with one attached hydrogen (secondary N) is 1. The Hall–Kier alpha value is -3.69. The van der Waals surface area contributed by atoms with Crippen LogP contribution in [0.25, 0.3) is 0 Å². The quantitative estimate of drug-likeness (QED) is 0.383. The largest absolute Gasteiger partial charge is 0.300 e. The van der Waals surface area contributed by atoms with E-state index in [2.05, 4.69) is 10.3 Å². The van der Waals surface area contributed by atoms with Gasteiger partial charge in [0.25, 0.3) is 21.6 Å². The lowest BCUT2D eigenvalue weighted by atomic mass is 10.2. The van der Waals surface area contributed by atoms with Crippen molar-refractivity contribution < 1.29 is 31.3 Å². The normalized spacial score (nSPS) is 14.7. The monoisotopic (exact) mass is 508 g/mol. The van der Waals surface area contributed by atoms with Crippen LogP contribution in [0.3, 0.4) is 0 Å². The van der Waals surface area contributed by atoms with Crippen LogP contribution in [0.5, 0.6) is 0 Å². The van der Waals surface area contributed by atoms with E-state index < -0.39 is 43.1 Å². The standard InChI is InChI=1S/C18H12N4O8S3/c23-15(10-21-17(24)13-3-1-2-4-14(13)33(21,29)30)20-18-19-9-16(31-18)32(27,28)12-7-5-11(6-8-12)22(25)26/h1-9H,10H2,(H,19,20,23). The average molecular weight is 509 g/mol. The molecule has 2 amide bonds. The van der Waals surface area contributed by atoms with Gasteiger partial charge in [-0.3, -0.25) is 19.7 Å². The second-order valence-electron chi connectivity index (χ2n) is 6.60. The Balaban J connectivity index is 1.49. The van der Waals surface area contributed by atoms with Gasteiger partial charge >= 0.3 is 0 Å². The number of hydrogen-bond donors (Lipinski definition) is 1. The molecule has 4 rings (SSSR count). The van der Waals surface area contributed by atoms with Gasteiger partial charge in [0.15, 0.2) is 5.13 Å². The highest BCUT2D eigenvalue weighted by molar-refractivity contribution is 7.93. The first-order valence-electron chi connectivity index (χ1n) is 8.93. The van der Waals surface area contributed by atoms with Crippen LogP contribution in [0.2, 0.25) is 0 Å². The number of nitrogens with zero attached hydrogens (tertiary/aromatic N) is 3. The number of amides is 2. The first-order chi connectivity index (χ1) is 15.5. The summed E-state index contributed by atoms with van der Waals surface area (Å²) in [5.74, 6) is -1.74. The molecule has 170 valence electrons. The van der Waals surface area contributed by atoms with E-state index in [1.54, 1.807) is 0 Å². The number of sulfone groups is 1. The molecule has 0 fully saturated rings. The zero-order chi connectivity index (χ0) is 24.0. The van der Waals surface area contributed by atoms with Crippen molar-refractivity contribution >= 4 is 53.8 Å². The van der Waals surface area contributed by atoms with Gasteiger partial charge in [0.05, 0.1) is 21.6 Å². The number of anilines is 1. The molecule has 0 saturated carbocycles. The molecule has 2 heterocycles. The number of carbonyl (C=O) groups excluding carboxylic acids is 2. The molecule has 15 heteroatoms. The van der Waals surface area contributed by atoms with Crippen molar-refractivity contribution in [2.45, 2.75) is 14.0 Å². The maximum absolute atomic E-state index is 12.7. The SMILES string of the molecule is O=C(CN1C(=O)c2ccccc2S1(=O)=O)Nc1ncc(S(=O)(=O)c2ccc([N+](=O)[O-])cc2)s1. The van der Waals surface area contributed by atoms with Crippen LogP contribution in [-0.4, -0.2) is 49.4 Å². The van der Waals surface area contributed by atoms with E-state index >= 15 is 0 Å². The molecule has 0 bridgehead atoms. The second-order valence-corrected chi connectivity index (χ2v) is 11.6. The molecule has 0 spiro atoms. The molecule has 1 N–H and O–H groups in total. The maximum atomic E-state index is 12.7. The molecule has 33 heavy (non-hydrogen) atoms. The van der Waals surface area contributed by atoms with Gasteiger partial charge in [-0.25, -0.2) is 26.1 Å². The Morgan fingerprint density at radius 3 is 2.45 bits per heavy atom. The van der Waals surface area contributed by atoms with Crippen LogP contribution in [0, 0.1) is 10.1 Å². The van der Waals surface area contributed by atoms with Crippen molar-refractivity contribution in [1.82, 2.24) is 9.29 Å². The summed E-state index contributed by atoms with van der Waals surface area (Å²) in [5, 5.41) is 12.9. The van der Waals surface area contributed by atoms with Crippen molar-refractivity contribution in [2.24, 2.45) is 0 Å². The molecule has 0 radical (unpaired) electrons. The fraction of sp³-hybridized carbons (Fsp3) is 0.0556. The first-order valence-corrected chi connectivity index (χ1v) is 12.7. The Kier molecular flexibility index (Phi) is 5.47. The van der Waals surface area contributed by atoms with E-state index in [9.17, 15) is 36.5 Å². The first kappa shape index (κ1) is 22.5. The van der Waals surface area contributed by atoms with Gasteiger partial charge in [0, 0.05) is 12.1 Å². The zero-order valence-corrected chi connectivity index (χ0v) is 18.7. The highest BCUT2D eigenvalue weighted by Gasteiger charge is 2.41. The van der Waals surface area contributed by atoms with Gasteiger partial charge in [-0.05, 0) is 24.3 Å². The lowest BCUT2D eigenvalue weighted by Crippen LogP contribution is -2.37. The van der Waals surface area contributed by atoms with Gasteiger partial charge < -0.3 is 5.32 Å². The molecule has 1 aliphatic rings. The Morgan fingerprint density at radius 1 is 1.15 bits per heavy atom. The molecule has 3 aromatic rings. The van der Waals surface area contributed by atoms with Crippen LogP contribution < -0.4 is 5.32 Å². The van der Waals surface area contributed by atoms with Crippen LogP contribution >= 0.6 is 11.3 Å². The number of nitro groups is 1. The number of fused-ring (bicyclic) bond motifs is 1. The predicted molar refractivity (Wildman–Crippen MR) is 114 cm³/mol. The van der Waals surface area contributed by atoms with Crippen LogP contribution in [0.15, 0.2) is 68.7 Å². The van der Waals surface area contributed by atoms with Gasteiger partial charge in [-0.15, -0.1) is 0 Å². The smallest absolute Gasteiger partial charge is 0.269 e. The van der Waals surface area contributed by atoms with Crippen molar-refractivity contribution in [3.63, 3.8) is 0 Å². The van der Waals surface area contributed by atoms with E-state index in [0.717, 1.165) is 30.5 Å². The number of carbonyl (C=O) groups is 2. The number of non-ortho nitro benzene ring substituents is 1. The molecule has 0 atom stereocenters. The molecule has 0 unspecified atom stereocenters. The summed E-state index contributed by atoms with van der Waals surface area (Å²) >= 11 is 0.602. The van der Waals surface area contributed by atoms with E-state index in [1.165, 1.54) is 24.3 Å². The minimum atomic E-state index is -4.18. The van der Waals surface area contributed by atoms with Gasteiger partial charge in [0.1, 0.15) is 15.6 Å². The molecule has 2 aromatic carbocycles. The number of sulfonamides is 1. The number of thiazole rings is 1. The lowest BCUT2D eigenvalue weighted by Gasteiger charge is -2.13. The summed E-state index contributed by atoms with van der Waals surface area (Å²) in [7, 11) is -8.25. The fourth-order valence-corrected chi connectivity index (χ4v) is 6.95. The minimum Gasteiger partial charge on any atom is -0.300 e. The molecular formula is C18H12N4O8S3. The van der Waals surface area contributed by atoms with E-state index in [4.69, 9.17) is 0 Å². The van der Waals surface area contributed by atoms with Crippen LogP contribution in [0.4, 0.5) is 10.8 Å². The van der Waals surface area contributed by atoms with Crippen molar-refractivity contribution in [1.29, 1.82) is 0 Å². The highest BCUT2D eigenvalue weighted by Crippen LogP contribution is 2.31. The van der Waals surface area contributed by atoms with E-state index in [-0.39, 0.29) is 30.4 Å². The van der Waals surface area contributed by atoms with Gasteiger partial charge in [-0.1, -0.05) is 23.5 Å². The van der Waals surface area contributed by atoms with Crippen molar-refractivity contribution in [3.8, 4) is 0 Å². The number of aromatic nitrogens is 1. The number of benzene rings is 2. The summed E-state index contributed by atoms with van der Waals surface area (Å²) in [4.78, 5) is 38.2. The van der Waals surface area contributed by atoms with Crippen molar-refractivity contribution in [3.05, 3.63) is 70.4 Å². The highest BCUT2D eigenvalue weighted by atomic mass is 32.2. The van der Waals surface area contributed by atoms with E-state index in [1.807, 2.05) is 0 Å². The lowest BCUT2D eigenvalue weighted by molar-refractivity contribution is -0.384. The van der Waals surface area contributed by atoms with Crippen LogP contribution in [-0.2, 0) is 24.7 Å².